The number of rotatable bonds is 2. The quantitative estimate of drug-likeness (QED) is 0.462. The topological polar surface area (TPSA) is 54.0 Å². The first-order valence-corrected chi connectivity index (χ1v) is 2.90. The Morgan fingerprint density at radius 2 is 2.00 bits per heavy atom. The van der Waals surface area contributed by atoms with Gasteiger partial charge in [0.1, 0.15) is 0 Å². The van der Waals surface area contributed by atoms with Crippen LogP contribution in [0.2, 0.25) is 0 Å². The summed E-state index contributed by atoms with van der Waals surface area (Å²) >= 11 is 0. The zero-order chi connectivity index (χ0) is 5.70. The van der Waals surface area contributed by atoms with Gasteiger partial charge in [0, 0.05) is 11.8 Å². The van der Waals surface area contributed by atoms with Crippen LogP contribution in [0.4, 0.5) is 0 Å². The highest BCUT2D eigenvalue weighted by atomic mass is 32.2. The Morgan fingerprint density at radius 3 is 2.14 bits per heavy atom. The Balaban J connectivity index is 3.49. The van der Waals surface area contributed by atoms with E-state index in [-0.39, 0.29) is 13.0 Å². The second kappa shape index (κ2) is 3.83. The molecule has 0 aliphatic carbocycles. The lowest BCUT2D eigenvalue weighted by Crippen LogP contribution is -1.80. The van der Waals surface area contributed by atoms with Crippen LogP contribution in [-0.2, 0) is 15.4 Å². The standard InChI is InChI=1S/C3H5O3S/c4-2-1-3-7(5)6/h3H,1-2H2. The molecule has 0 N–H and O–H groups in total. The Bertz CT molecular complexity index is 136. The minimum absolute atomic E-state index is 0.107. The summed E-state index contributed by atoms with van der Waals surface area (Å²) in [4.78, 5) is 0. The first kappa shape index (κ1) is 6.65. The van der Waals surface area contributed by atoms with Crippen LogP contribution < -0.4 is 0 Å². The molecule has 0 bridgehead atoms. The first-order valence-electron chi connectivity index (χ1n) is 1.77. The average molecular weight is 121 g/mol. The van der Waals surface area contributed by atoms with Crippen molar-refractivity contribution in [3.63, 3.8) is 0 Å². The molecule has 0 unspecified atom stereocenters. The summed E-state index contributed by atoms with van der Waals surface area (Å²) < 4.78 is 19.1. The molecule has 0 atom stereocenters. The van der Waals surface area contributed by atoms with E-state index in [0.717, 1.165) is 5.37 Å². The van der Waals surface area contributed by atoms with Crippen LogP contribution >= 0.6 is 0 Å². The fraction of sp³-hybridized carbons (Fsp3) is 0.667. The monoisotopic (exact) mass is 121 g/mol. The summed E-state index contributed by atoms with van der Waals surface area (Å²) in [5.41, 5.74) is 0. The number of hydrogen-bond acceptors (Lipinski definition) is 2. The molecule has 0 fully saturated rings. The van der Waals surface area contributed by atoms with Crippen LogP contribution in [0.25, 0.3) is 0 Å². The van der Waals surface area contributed by atoms with Crippen LogP contribution in [0.3, 0.4) is 0 Å². The lowest BCUT2D eigenvalue weighted by molar-refractivity contribution is 0.204. The minimum Gasteiger partial charge on any atom is -0.236 e. The van der Waals surface area contributed by atoms with Gasteiger partial charge in [-0.25, -0.2) is 5.11 Å². The summed E-state index contributed by atoms with van der Waals surface area (Å²) in [5.74, 6) is 0. The van der Waals surface area contributed by atoms with Crippen LogP contribution in [0.5, 0.6) is 0 Å². The summed E-state index contributed by atoms with van der Waals surface area (Å²) in [5, 5.41) is 10.5. The van der Waals surface area contributed by atoms with Gasteiger partial charge < -0.3 is 0 Å². The highest BCUT2D eigenvalue weighted by molar-refractivity contribution is 7.71. The van der Waals surface area contributed by atoms with Gasteiger partial charge in [-0.2, -0.15) is 8.42 Å². The van der Waals surface area contributed by atoms with E-state index in [1.165, 1.54) is 0 Å². The van der Waals surface area contributed by atoms with Crippen molar-refractivity contribution < 1.29 is 13.5 Å². The third-order valence-corrected chi connectivity index (χ3v) is 0.880. The van der Waals surface area contributed by atoms with E-state index >= 15 is 0 Å². The lowest BCUT2D eigenvalue weighted by atomic mass is 10.5. The van der Waals surface area contributed by atoms with Crippen molar-refractivity contribution in [3.8, 4) is 0 Å². The molecule has 0 amide bonds. The fourth-order valence-corrected chi connectivity index (χ4v) is 0.433. The summed E-state index contributed by atoms with van der Waals surface area (Å²) in [6.07, 6.45) is 0.107. The molecule has 0 heterocycles. The first-order chi connectivity index (χ1) is 3.27. The van der Waals surface area contributed by atoms with Crippen LogP contribution in [0.15, 0.2) is 0 Å². The molecule has 0 rings (SSSR count). The molecule has 0 spiro atoms. The van der Waals surface area contributed by atoms with Crippen molar-refractivity contribution in [3.05, 3.63) is 0 Å². The van der Waals surface area contributed by atoms with Crippen molar-refractivity contribution in [1.82, 2.24) is 0 Å². The van der Waals surface area contributed by atoms with Gasteiger partial charge in [0.25, 0.3) is 0 Å². The molecule has 0 saturated heterocycles. The van der Waals surface area contributed by atoms with Crippen molar-refractivity contribution >= 4 is 15.7 Å². The molecule has 0 saturated carbocycles. The van der Waals surface area contributed by atoms with E-state index in [1.54, 1.807) is 0 Å². The zero-order valence-electron chi connectivity index (χ0n) is 3.62. The van der Waals surface area contributed by atoms with Crippen molar-refractivity contribution in [2.24, 2.45) is 0 Å². The predicted octanol–water partition coefficient (Wildman–Crippen LogP) is -0.512. The second-order valence-electron chi connectivity index (χ2n) is 0.920. The molecular weight excluding hydrogens is 116 g/mol. The predicted molar refractivity (Wildman–Crippen MR) is 25.2 cm³/mol. The van der Waals surface area contributed by atoms with Gasteiger partial charge in [0.05, 0.1) is 6.61 Å². The minimum atomic E-state index is -2.14. The summed E-state index contributed by atoms with van der Waals surface area (Å²) in [6, 6.07) is 0. The smallest absolute Gasteiger partial charge is 0.210 e. The molecule has 0 aromatic carbocycles. The Kier molecular flexibility index (Phi) is 3.64. The van der Waals surface area contributed by atoms with E-state index in [1.807, 2.05) is 0 Å². The van der Waals surface area contributed by atoms with E-state index in [2.05, 4.69) is 0 Å². The maximum Gasteiger partial charge on any atom is 0.210 e. The van der Waals surface area contributed by atoms with Gasteiger partial charge in [0.15, 0.2) is 0 Å². The molecule has 0 aromatic rings. The van der Waals surface area contributed by atoms with E-state index in [9.17, 15) is 13.5 Å². The SMILES string of the molecule is [O]CCC=S(=O)=O. The van der Waals surface area contributed by atoms with E-state index in [0.29, 0.717) is 0 Å². The average Bonchev–Trinajstić information content (AvgIpc) is 1.61. The largest absolute Gasteiger partial charge is 0.236 e. The third kappa shape index (κ3) is 5.65. The summed E-state index contributed by atoms with van der Waals surface area (Å²) in [6.45, 7) is -0.353. The molecule has 4 heteroatoms. The molecule has 7 heavy (non-hydrogen) atoms. The van der Waals surface area contributed by atoms with E-state index < -0.39 is 10.3 Å². The lowest BCUT2D eigenvalue weighted by Gasteiger charge is -1.68. The van der Waals surface area contributed by atoms with Crippen molar-refractivity contribution in [1.29, 1.82) is 0 Å². The second-order valence-corrected chi connectivity index (χ2v) is 1.77. The maximum atomic E-state index is 9.56. The van der Waals surface area contributed by atoms with Crippen LogP contribution in [0.1, 0.15) is 6.42 Å². The Hall–Kier alpha value is -0.350. The highest BCUT2D eigenvalue weighted by Crippen LogP contribution is 1.63. The zero-order valence-corrected chi connectivity index (χ0v) is 4.44. The van der Waals surface area contributed by atoms with Gasteiger partial charge in [-0.05, 0) is 0 Å². The van der Waals surface area contributed by atoms with Gasteiger partial charge >= 0.3 is 0 Å². The molecule has 0 aromatic heterocycles. The van der Waals surface area contributed by atoms with E-state index in [4.69, 9.17) is 0 Å². The number of hydrogen-bond donors (Lipinski definition) is 0. The molecule has 1 radical (unpaired) electrons. The molecular formula is C3H5O3S. The highest BCUT2D eigenvalue weighted by Gasteiger charge is 1.73. The van der Waals surface area contributed by atoms with Gasteiger partial charge in [0.2, 0.25) is 10.3 Å². The van der Waals surface area contributed by atoms with Crippen LogP contribution in [0, 0.1) is 0 Å². The van der Waals surface area contributed by atoms with Crippen molar-refractivity contribution in [2.75, 3.05) is 6.61 Å². The third-order valence-electron chi connectivity index (χ3n) is 0.372. The Morgan fingerprint density at radius 1 is 1.43 bits per heavy atom. The molecule has 0 aliphatic heterocycles. The van der Waals surface area contributed by atoms with Gasteiger partial charge in [-0.15, -0.1) is 0 Å². The normalized spacial score (nSPS) is 8.14. The fourth-order valence-electron chi connectivity index (χ4n) is 0.144. The summed E-state index contributed by atoms with van der Waals surface area (Å²) in [7, 11) is -2.14. The molecule has 41 valence electrons. The Labute approximate surface area is 43.1 Å². The van der Waals surface area contributed by atoms with Crippen molar-refractivity contribution in [2.45, 2.75) is 6.42 Å². The molecule has 3 nitrogen and oxygen atoms in total. The molecule has 0 aliphatic rings. The maximum absolute atomic E-state index is 9.56. The van der Waals surface area contributed by atoms with Gasteiger partial charge in [-0.3, -0.25) is 0 Å². The van der Waals surface area contributed by atoms with Crippen LogP contribution in [-0.4, -0.2) is 20.4 Å². The van der Waals surface area contributed by atoms with Gasteiger partial charge in [-0.1, -0.05) is 0 Å².